The first-order valence-electron chi connectivity index (χ1n) is 4.25. The number of hydrogen-bond acceptors (Lipinski definition) is 3. The summed E-state index contributed by atoms with van der Waals surface area (Å²) in [6, 6.07) is 0. The van der Waals surface area contributed by atoms with Gasteiger partial charge in [0.25, 0.3) is 0 Å². The van der Waals surface area contributed by atoms with Gasteiger partial charge in [-0.2, -0.15) is 0 Å². The van der Waals surface area contributed by atoms with Crippen LogP contribution in [0.2, 0.25) is 0 Å². The third-order valence-electron chi connectivity index (χ3n) is 2.40. The first kappa shape index (κ1) is 9.23. The molecule has 0 radical (unpaired) electrons. The molecule has 0 bridgehead atoms. The zero-order valence-corrected chi connectivity index (χ0v) is 7.50. The van der Waals surface area contributed by atoms with Crippen LogP contribution in [-0.4, -0.2) is 18.9 Å². The number of hydrogen-bond donors (Lipinski definition) is 0. The summed E-state index contributed by atoms with van der Waals surface area (Å²) in [5, 5.41) is 0. The molecule has 1 rings (SSSR count). The Morgan fingerprint density at radius 2 is 2.25 bits per heavy atom. The van der Waals surface area contributed by atoms with Gasteiger partial charge in [0.15, 0.2) is 0 Å². The summed E-state index contributed by atoms with van der Waals surface area (Å²) < 4.78 is 4.55. The molecule has 2 atom stereocenters. The highest BCUT2D eigenvalue weighted by molar-refractivity contribution is 5.99. The van der Waals surface area contributed by atoms with Crippen molar-refractivity contribution in [3.8, 4) is 0 Å². The number of ether oxygens (including phenoxy) is 1. The van der Waals surface area contributed by atoms with Crippen molar-refractivity contribution in [1.82, 2.24) is 0 Å². The van der Waals surface area contributed by atoms with Crippen molar-refractivity contribution in [3.63, 3.8) is 0 Å². The summed E-state index contributed by atoms with van der Waals surface area (Å²) in [6.45, 7) is 2.06. The van der Waals surface area contributed by atoms with Crippen molar-refractivity contribution in [2.75, 3.05) is 7.11 Å². The Morgan fingerprint density at radius 1 is 1.58 bits per heavy atom. The molecule has 0 heterocycles. The number of Topliss-reactive ketones (excluding diaryl/α,β-unsaturated/α-hetero) is 1. The number of rotatable bonds is 1. The number of esters is 1. The van der Waals surface area contributed by atoms with Crippen LogP contribution in [0.5, 0.6) is 0 Å². The van der Waals surface area contributed by atoms with Gasteiger partial charge in [0.1, 0.15) is 11.7 Å². The van der Waals surface area contributed by atoms with Crippen molar-refractivity contribution in [3.05, 3.63) is 0 Å². The van der Waals surface area contributed by atoms with Crippen LogP contribution in [0, 0.1) is 11.8 Å². The lowest BCUT2D eigenvalue weighted by Crippen LogP contribution is -2.31. The smallest absolute Gasteiger partial charge is 0.316 e. The van der Waals surface area contributed by atoms with Crippen LogP contribution in [0.15, 0.2) is 0 Å². The maximum atomic E-state index is 11.2. The SMILES string of the molecule is COC(=O)[C@H]1C[C@H](C)CCC1=O. The maximum Gasteiger partial charge on any atom is 0.316 e. The molecule has 0 unspecified atom stereocenters. The van der Waals surface area contributed by atoms with E-state index in [4.69, 9.17) is 0 Å². The highest BCUT2D eigenvalue weighted by Crippen LogP contribution is 2.26. The van der Waals surface area contributed by atoms with Crippen molar-refractivity contribution in [2.24, 2.45) is 11.8 Å². The fraction of sp³-hybridized carbons (Fsp3) is 0.778. The lowest BCUT2D eigenvalue weighted by molar-refractivity contribution is -0.151. The number of carbonyl (C=O) groups is 2. The van der Waals surface area contributed by atoms with E-state index in [0.29, 0.717) is 18.8 Å². The topological polar surface area (TPSA) is 43.4 Å². The molecular formula is C9H14O3. The van der Waals surface area contributed by atoms with Crippen molar-refractivity contribution < 1.29 is 14.3 Å². The van der Waals surface area contributed by atoms with E-state index < -0.39 is 5.92 Å². The number of methoxy groups -OCH3 is 1. The normalized spacial score (nSPS) is 30.0. The van der Waals surface area contributed by atoms with E-state index >= 15 is 0 Å². The molecule has 12 heavy (non-hydrogen) atoms. The Morgan fingerprint density at radius 3 is 2.83 bits per heavy atom. The molecule has 1 aliphatic rings. The van der Waals surface area contributed by atoms with Gasteiger partial charge in [0.05, 0.1) is 7.11 Å². The average Bonchev–Trinajstić information content (AvgIpc) is 2.08. The lowest BCUT2D eigenvalue weighted by Gasteiger charge is -2.23. The molecule has 0 aromatic heterocycles. The molecule has 0 spiro atoms. The molecule has 1 aliphatic carbocycles. The fourth-order valence-corrected chi connectivity index (χ4v) is 1.58. The molecule has 1 saturated carbocycles. The van der Waals surface area contributed by atoms with E-state index in [1.807, 2.05) is 0 Å². The Hall–Kier alpha value is -0.860. The summed E-state index contributed by atoms with van der Waals surface area (Å²) in [4.78, 5) is 22.3. The molecule has 68 valence electrons. The molecule has 0 amide bonds. The van der Waals surface area contributed by atoms with Gasteiger partial charge >= 0.3 is 5.97 Å². The Balaban J connectivity index is 2.60. The van der Waals surface area contributed by atoms with Crippen LogP contribution in [0.25, 0.3) is 0 Å². The lowest BCUT2D eigenvalue weighted by atomic mass is 9.81. The van der Waals surface area contributed by atoms with Crippen molar-refractivity contribution in [1.29, 1.82) is 0 Å². The highest BCUT2D eigenvalue weighted by Gasteiger charge is 2.32. The van der Waals surface area contributed by atoms with Crippen LogP contribution in [0.1, 0.15) is 26.2 Å². The van der Waals surface area contributed by atoms with Gasteiger partial charge in [0.2, 0.25) is 0 Å². The Bertz CT molecular complexity index is 190. The van der Waals surface area contributed by atoms with Crippen LogP contribution in [0.3, 0.4) is 0 Å². The molecular weight excluding hydrogens is 156 g/mol. The van der Waals surface area contributed by atoms with Crippen LogP contribution < -0.4 is 0 Å². The molecule has 3 heteroatoms. The maximum absolute atomic E-state index is 11.2. The van der Waals surface area contributed by atoms with Crippen LogP contribution in [0.4, 0.5) is 0 Å². The molecule has 0 aromatic rings. The van der Waals surface area contributed by atoms with Gasteiger partial charge in [-0.25, -0.2) is 0 Å². The first-order valence-corrected chi connectivity index (χ1v) is 4.25. The minimum atomic E-state index is -0.487. The predicted octanol–water partition coefficient (Wildman–Crippen LogP) is 1.16. The third-order valence-corrected chi connectivity index (χ3v) is 2.40. The van der Waals surface area contributed by atoms with E-state index in [-0.39, 0.29) is 11.8 Å². The molecule has 1 fully saturated rings. The van der Waals surface area contributed by atoms with Gasteiger partial charge in [-0.15, -0.1) is 0 Å². The summed E-state index contributed by atoms with van der Waals surface area (Å²) in [7, 11) is 1.33. The second-order valence-electron chi connectivity index (χ2n) is 3.42. The highest BCUT2D eigenvalue weighted by atomic mass is 16.5. The standard InChI is InChI=1S/C9H14O3/c1-6-3-4-8(10)7(5-6)9(11)12-2/h6-7H,3-5H2,1-2H3/t6-,7+/m1/s1. The Kier molecular flexibility index (Phi) is 2.84. The molecule has 3 nitrogen and oxygen atoms in total. The second kappa shape index (κ2) is 3.70. The third kappa shape index (κ3) is 1.84. The summed E-state index contributed by atoms with van der Waals surface area (Å²) in [5.74, 6) is -0.350. The van der Waals surface area contributed by atoms with Gasteiger partial charge in [-0.05, 0) is 18.8 Å². The summed E-state index contributed by atoms with van der Waals surface area (Å²) in [5.41, 5.74) is 0. The predicted molar refractivity (Wildman–Crippen MR) is 43.5 cm³/mol. The zero-order valence-electron chi connectivity index (χ0n) is 7.50. The minimum absolute atomic E-state index is 0.0416. The first-order chi connectivity index (χ1) is 5.65. The van der Waals surface area contributed by atoms with Gasteiger partial charge in [0, 0.05) is 6.42 Å². The summed E-state index contributed by atoms with van der Waals surface area (Å²) >= 11 is 0. The minimum Gasteiger partial charge on any atom is -0.468 e. The molecule has 0 aromatic carbocycles. The van der Waals surface area contributed by atoms with Crippen molar-refractivity contribution in [2.45, 2.75) is 26.2 Å². The van der Waals surface area contributed by atoms with Crippen LogP contribution in [-0.2, 0) is 14.3 Å². The largest absolute Gasteiger partial charge is 0.468 e. The van der Waals surface area contributed by atoms with E-state index in [1.54, 1.807) is 0 Å². The zero-order chi connectivity index (χ0) is 9.14. The molecule has 0 N–H and O–H groups in total. The van der Waals surface area contributed by atoms with Gasteiger partial charge in [-0.1, -0.05) is 6.92 Å². The van der Waals surface area contributed by atoms with Gasteiger partial charge in [-0.3, -0.25) is 9.59 Å². The fourth-order valence-electron chi connectivity index (χ4n) is 1.58. The second-order valence-corrected chi connectivity index (χ2v) is 3.42. The van der Waals surface area contributed by atoms with E-state index in [9.17, 15) is 9.59 Å². The average molecular weight is 170 g/mol. The van der Waals surface area contributed by atoms with E-state index in [2.05, 4.69) is 11.7 Å². The number of ketones is 1. The Labute approximate surface area is 72.1 Å². The van der Waals surface area contributed by atoms with E-state index in [1.165, 1.54) is 7.11 Å². The monoisotopic (exact) mass is 170 g/mol. The van der Waals surface area contributed by atoms with Crippen LogP contribution >= 0.6 is 0 Å². The summed E-state index contributed by atoms with van der Waals surface area (Å²) in [6.07, 6.45) is 2.10. The quantitative estimate of drug-likeness (QED) is 0.438. The molecule has 0 saturated heterocycles. The van der Waals surface area contributed by atoms with Crippen molar-refractivity contribution >= 4 is 11.8 Å². The van der Waals surface area contributed by atoms with Gasteiger partial charge < -0.3 is 4.74 Å². The van der Waals surface area contributed by atoms with E-state index in [0.717, 1.165) is 6.42 Å². The number of carbonyl (C=O) groups excluding carboxylic acids is 2. The molecule has 0 aliphatic heterocycles.